The minimum absolute atomic E-state index is 0.0762. The van der Waals surface area contributed by atoms with Crippen LogP contribution in [0.4, 0.5) is 11.4 Å². The Morgan fingerprint density at radius 3 is 2.25 bits per heavy atom. The topological polar surface area (TPSA) is 61.4 Å². The van der Waals surface area contributed by atoms with Gasteiger partial charge in [0.2, 0.25) is 11.8 Å². The van der Waals surface area contributed by atoms with Gasteiger partial charge in [0.1, 0.15) is 0 Å². The molecule has 0 spiro atoms. The second-order valence-electron chi connectivity index (χ2n) is 7.00. The number of hydrogen-bond donors (Lipinski definition) is 2. The predicted molar refractivity (Wildman–Crippen MR) is 116 cm³/mol. The molecule has 2 rings (SSSR count). The largest absolute Gasteiger partial charge is 0.324 e. The van der Waals surface area contributed by atoms with Gasteiger partial charge in [-0.05, 0) is 50.1 Å². The van der Waals surface area contributed by atoms with Crippen LogP contribution in [0.25, 0.3) is 0 Å². The molecule has 150 valence electrons. The van der Waals surface area contributed by atoms with Gasteiger partial charge in [0.25, 0.3) is 0 Å². The van der Waals surface area contributed by atoms with Crippen LogP contribution in [0.3, 0.4) is 0 Å². The normalized spacial score (nSPS) is 13.1. The highest BCUT2D eigenvalue weighted by molar-refractivity contribution is 6.33. The molecular weight excluding hydrogens is 374 g/mol. The Labute approximate surface area is 172 Å². The number of nitrogens with one attached hydrogen (secondary N) is 2. The molecule has 0 bridgehead atoms. The van der Waals surface area contributed by atoms with Crippen molar-refractivity contribution in [2.24, 2.45) is 0 Å². The van der Waals surface area contributed by atoms with Crippen LogP contribution in [0.1, 0.15) is 38.7 Å². The SMILES string of the molecule is CC[C@@H](C)c1ccccc1NC(=O)[C@H](C)N(C)CC(=O)Nc1ccccc1Cl. The lowest BCUT2D eigenvalue weighted by Crippen LogP contribution is -2.43. The standard InChI is InChI=1S/C22H28ClN3O2/c1-5-15(2)17-10-6-8-12-19(17)25-22(28)16(3)26(4)14-21(27)24-20-13-9-7-11-18(20)23/h6-13,15-16H,5,14H2,1-4H3,(H,24,27)(H,25,28)/t15-,16+/m1/s1. The van der Waals surface area contributed by atoms with E-state index in [9.17, 15) is 9.59 Å². The number of carbonyl (C=O) groups excluding carboxylic acids is 2. The summed E-state index contributed by atoms with van der Waals surface area (Å²) in [6, 6.07) is 14.4. The fourth-order valence-electron chi connectivity index (χ4n) is 2.81. The molecule has 0 saturated carbocycles. The summed E-state index contributed by atoms with van der Waals surface area (Å²) >= 11 is 6.07. The van der Waals surface area contributed by atoms with Gasteiger partial charge >= 0.3 is 0 Å². The summed E-state index contributed by atoms with van der Waals surface area (Å²) in [6.45, 7) is 6.12. The van der Waals surface area contributed by atoms with E-state index < -0.39 is 6.04 Å². The Balaban J connectivity index is 1.97. The number of likely N-dealkylation sites (N-methyl/N-ethyl adjacent to an activating group) is 1. The van der Waals surface area contributed by atoms with Crippen LogP contribution in [0.5, 0.6) is 0 Å². The zero-order valence-corrected chi connectivity index (χ0v) is 17.6. The number of halogens is 1. The average Bonchev–Trinajstić information content (AvgIpc) is 2.68. The van der Waals surface area contributed by atoms with Crippen molar-refractivity contribution in [1.29, 1.82) is 0 Å². The lowest BCUT2D eigenvalue weighted by atomic mass is 9.97. The Kier molecular flexibility index (Phi) is 8.03. The van der Waals surface area contributed by atoms with Crippen molar-refractivity contribution in [2.75, 3.05) is 24.2 Å². The monoisotopic (exact) mass is 401 g/mol. The zero-order chi connectivity index (χ0) is 20.7. The maximum atomic E-state index is 12.7. The van der Waals surface area contributed by atoms with Crippen LogP contribution in [0.15, 0.2) is 48.5 Å². The highest BCUT2D eigenvalue weighted by Gasteiger charge is 2.21. The van der Waals surface area contributed by atoms with Crippen LogP contribution in [0, 0.1) is 0 Å². The summed E-state index contributed by atoms with van der Waals surface area (Å²) in [5, 5.41) is 6.25. The van der Waals surface area contributed by atoms with E-state index in [1.807, 2.05) is 24.3 Å². The third-order valence-electron chi connectivity index (χ3n) is 4.94. The molecule has 6 heteroatoms. The summed E-state index contributed by atoms with van der Waals surface area (Å²) in [5.41, 5.74) is 2.49. The van der Waals surface area contributed by atoms with Gasteiger partial charge in [0.15, 0.2) is 0 Å². The smallest absolute Gasteiger partial charge is 0.241 e. The molecule has 2 aromatic rings. The minimum Gasteiger partial charge on any atom is -0.324 e. The summed E-state index contributed by atoms with van der Waals surface area (Å²) in [5.74, 6) is -0.0232. The summed E-state index contributed by atoms with van der Waals surface area (Å²) in [6.07, 6.45) is 0.991. The highest BCUT2D eigenvalue weighted by Crippen LogP contribution is 2.26. The number of nitrogens with zero attached hydrogens (tertiary/aromatic N) is 1. The third kappa shape index (κ3) is 5.81. The lowest BCUT2D eigenvalue weighted by Gasteiger charge is -2.24. The number of carbonyl (C=O) groups is 2. The Morgan fingerprint density at radius 2 is 1.61 bits per heavy atom. The maximum Gasteiger partial charge on any atom is 0.241 e. The van der Waals surface area contributed by atoms with Crippen molar-refractivity contribution in [3.05, 3.63) is 59.1 Å². The molecule has 2 aromatic carbocycles. The van der Waals surface area contributed by atoms with Crippen LogP contribution in [-0.2, 0) is 9.59 Å². The lowest BCUT2D eigenvalue weighted by molar-refractivity contribution is -0.122. The number of benzene rings is 2. The average molecular weight is 402 g/mol. The Hall–Kier alpha value is -2.37. The molecule has 0 aliphatic rings. The van der Waals surface area contributed by atoms with E-state index in [2.05, 4.69) is 24.5 Å². The number of rotatable bonds is 8. The molecule has 0 radical (unpaired) electrons. The van der Waals surface area contributed by atoms with E-state index in [1.165, 1.54) is 0 Å². The number of para-hydroxylation sites is 2. The van der Waals surface area contributed by atoms with Gasteiger partial charge in [-0.3, -0.25) is 14.5 Å². The fraction of sp³-hybridized carbons (Fsp3) is 0.364. The van der Waals surface area contributed by atoms with Gasteiger partial charge in [0.05, 0.1) is 23.3 Å². The zero-order valence-electron chi connectivity index (χ0n) is 16.8. The van der Waals surface area contributed by atoms with Gasteiger partial charge in [-0.25, -0.2) is 0 Å². The first-order valence-electron chi connectivity index (χ1n) is 9.47. The van der Waals surface area contributed by atoms with Crippen molar-refractivity contribution in [3.8, 4) is 0 Å². The molecule has 2 N–H and O–H groups in total. The van der Waals surface area contributed by atoms with Crippen molar-refractivity contribution < 1.29 is 9.59 Å². The van der Waals surface area contributed by atoms with Gasteiger partial charge < -0.3 is 10.6 Å². The molecule has 0 fully saturated rings. The molecule has 2 amide bonds. The van der Waals surface area contributed by atoms with E-state index in [4.69, 9.17) is 11.6 Å². The molecule has 28 heavy (non-hydrogen) atoms. The van der Waals surface area contributed by atoms with Crippen molar-refractivity contribution >= 4 is 34.8 Å². The molecular formula is C22H28ClN3O2. The van der Waals surface area contributed by atoms with Gasteiger partial charge in [0, 0.05) is 5.69 Å². The van der Waals surface area contributed by atoms with Gasteiger partial charge in [-0.2, -0.15) is 0 Å². The van der Waals surface area contributed by atoms with Crippen LogP contribution in [0.2, 0.25) is 5.02 Å². The second-order valence-corrected chi connectivity index (χ2v) is 7.41. The van der Waals surface area contributed by atoms with Gasteiger partial charge in [-0.15, -0.1) is 0 Å². The number of anilines is 2. The molecule has 2 atom stereocenters. The van der Waals surface area contributed by atoms with E-state index in [0.29, 0.717) is 16.6 Å². The molecule has 0 unspecified atom stereocenters. The molecule has 0 aliphatic heterocycles. The van der Waals surface area contributed by atoms with Crippen molar-refractivity contribution in [2.45, 2.75) is 39.2 Å². The number of amides is 2. The van der Waals surface area contributed by atoms with E-state index in [0.717, 1.165) is 17.7 Å². The molecule has 0 saturated heterocycles. The second kappa shape index (κ2) is 10.2. The molecule has 0 heterocycles. The summed E-state index contributed by atoms with van der Waals surface area (Å²) < 4.78 is 0. The van der Waals surface area contributed by atoms with E-state index in [1.54, 1.807) is 43.1 Å². The first-order chi connectivity index (χ1) is 13.3. The Bertz CT molecular complexity index is 825. The predicted octanol–water partition coefficient (Wildman–Crippen LogP) is 4.75. The first kappa shape index (κ1) is 21.9. The summed E-state index contributed by atoms with van der Waals surface area (Å²) in [4.78, 5) is 26.7. The van der Waals surface area contributed by atoms with Crippen LogP contribution in [-0.4, -0.2) is 36.3 Å². The summed E-state index contributed by atoms with van der Waals surface area (Å²) in [7, 11) is 1.75. The number of hydrogen-bond acceptors (Lipinski definition) is 3. The van der Waals surface area contributed by atoms with Crippen LogP contribution >= 0.6 is 11.6 Å². The molecule has 5 nitrogen and oxygen atoms in total. The highest BCUT2D eigenvalue weighted by atomic mass is 35.5. The first-order valence-corrected chi connectivity index (χ1v) is 9.85. The van der Waals surface area contributed by atoms with Crippen molar-refractivity contribution in [1.82, 2.24) is 4.90 Å². The third-order valence-corrected chi connectivity index (χ3v) is 5.27. The van der Waals surface area contributed by atoms with E-state index in [-0.39, 0.29) is 18.4 Å². The Morgan fingerprint density at radius 1 is 1.00 bits per heavy atom. The minimum atomic E-state index is -0.470. The van der Waals surface area contributed by atoms with Crippen LogP contribution < -0.4 is 10.6 Å². The van der Waals surface area contributed by atoms with E-state index >= 15 is 0 Å². The molecule has 0 aliphatic carbocycles. The fourth-order valence-corrected chi connectivity index (χ4v) is 3.00. The maximum absolute atomic E-state index is 12.7. The van der Waals surface area contributed by atoms with Gasteiger partial charge in [-0.1, -0.05) is 55.8 Å². The van der Waals surface area contributed by atoms with Crippen molar-refractivity contribution in [3.63, 3.8) is 0 Å². The molecule has 0 aromatic heterocycles. The quantitative estimate of drug-likeness (QED) is 0.670.